The van der Waals surface area contributed by atoms with E-state index in [2.05, 4.69) is 57.1 Å². The SMILES string of the molecule is CCNC(c1ncccn1)c1c(Br)cnn1C(C)C. The second kappa shape index (κ2) is 6.25. The highest BCUT2D eigenvalue weighted by atomic mass is 79.9. The van der Waals surface area contributed by atoms with Crippen LogP contribution in [0.4, 0.5) is 0 Å². The van der Waals surface area contributed by atoms with Gasteiger partial charge in [0.2, 0.25) is 0 Å². The molecule has 0 radical (unpaired) electrons. The zero-order valence-corrected chi connectivity index (χ0v) is 12.9. The number of hydrogen-bond acceptors (Lipinski definition) is 4. The normalized spacial score (nSPS) is 12.9. The first-order valence-corrected chi connectivity index (χ1v) is 7.17. The molecule has 0 aliphatic heterocycles. The third-order valence-electron chi connectivity index (χ3n) is 2.80. The van der Waals surface area contributed by atoms with Gasteiger partial charge in [0.1, 0.15) is 6.04 Å². The first-order chi connectivity index (χ1) is 9.15. The van der Waals surface area contributed by atoms with Gasteiger partial charge in [-0.1, -0.05) is 6.92 Å². The van der Waals surface area contributed by atoms with Crippen LogP contribution in [0.25, 0.3) is 0 Å². The Kier molecular flexibility index (Phi) is 4.66. The molecular weight excluding hydrogens is 306 g/mol. The summed E-state index contributed by atoms with van der Waals surface area (Å²) in [5, 5.41) is 7.84. The van der Waals surface area contributed by atoms with Gasteiger partial charge in [-0.3, -0.25) is 4.68 Å². The largest absolute Gasteiger partial charge is 0.303 e. The Bertz CT molecular complexity index is 523. The summed E-state index contributed by atoms with van der Waals surface area (Å²) in [6.45, 7) is 7.12. The molecule has 6 heteroatoms. The first-order valence-electron chi connectivity index (χ1n) is 6.38. The van der Waals surface area contributed by atoms with Gasteiger partial charge in [-0.2, -0.15) is 5.10 Å². The molecule has 2 aromatic heterocycles. The van der Waals surface area contributed by atoms with Crippen LogP contribution >= 0.6 is 15.9 Å². The van der Waals surface area contributed by atoms with Gasteiger partial charge in [0.25, 0.3) is 0 Å². The van der Waals surface area contributed by atoms with Gasteiger partial charge < -0.3 is 5.32 Å². The van der Waals surface area contributed by atoms with E-state index >= 15 is 0 Å². The lowest BCUT2D eigenvalue weighted by molar-refractivity contribution is 0.467. The van der Waals surface area contributed by atoms with Crippen molar-refractivity contribution in [3.05, 3.63) is 40.6 Å². The molecule has 1 N–H and O–H groups in total. The van der Waals surface area contributed by atoms with E-state index in [1.54, 1.807) is 12.4 Å². The molecule has 2 aromatic rings. The fraction of sp³-hybridized carbons (Fsp3) is 0.462. The van der Waals surface area contributed by atoms with Crippen molar-refractivity contribution in [2.45, 2.75) is 32.9 Å². The fourth-order valence-electron chi connectivity index (χ4n) is 2.01. The Balaban J connectivity index is 2.48. The summed E-state index contributed by atoms with van der Waals surface area (Å²) < 4.78 is 2.97. The van der Waals surface area contributed by atoms with Crippen LogP contribution in [0.1, 0.15) is 44.4 Å². The minimum absolute atomic E-state index is 0.0644. The molecule has 19 heavy (non-hydrogen) atoms. The molecular formula is C13H18BrN5. The zero-order valence-electron chi connectivity index (χ0n) is 11.3. The first kappa shape index (κ1) is 14.1. The van der Waals surface area contributed by atoms with E-state index in [0.717, 1.165) is 22.5 Å². The monoisotopic (exact) mass is 323 g/mol. The van der Waals surface area contributed by atoms with Crippen LogP contribution in [0.3, 0.4) is 0 Å². The van der Waals surface area contributed by atoms with E-state index < -0.39 is 0 Å². The van der Waals surface area contributed by atoms with E-state index in [-0.39, 0.29) is 12.1 Å². The van der Waals surface area contributed by atoms with Crippen LogP contribution in [-0.2, 0) is 0 Å². The smallest absolute Gasteiger partial charge is 0.151 e. The summed E-state index contributed by atoms with van der Waals surface area (Å²) >= 11 is 3.57. The van der Waals surface area contributed by atoms with Crippen molar-refractivity contribution >= 4 is 15.9 Å². The molecule has 0 amide bonds. The number of nitrogens with zero attached hydrogens (tertiary/aromatic N) is 4. The minimum atomic E-state index is -0.0644. The lowest BCUT2D eigenvalue weighted by Gasteiger charge is -2.20. The summed E-state index contributed by atoms with van der Waals surface area (Å²) in [7, 11) is 0. The Labute approximate surface area is 121 Å². The molecule has 0 saturated heterocycles. The van der Waals surface area contributed by atoms with E-state index in [9.17, 15) is 0 Å². The van der Waals surface area contributed by atoms with Crippen LogP contribution in [0, 0.1) is 0 Å². The lowest BCUT2D eigenvalue weighted by atomic mass is 10.1. The molecule has 102 valence electrons. The molecule has 0 bridgehead atoms. The summed E-state index contributed by atoms with van der Waals surface area (Å²) in [6, 6.07) is 2.04. The van der Waals surface area contributed by atoms with Crippen molar-refractivity contribution in [2.24, 2.45) is 0 Å². The molecule has 0 aromatic carbocycles. The van der Waals surface area contributed by atoms with Crippen molar-refractivity contribution in [3.8, 4) is 0 Å². The summed E-state index contributed by atoms with van der Waals surface area (Å²) in [4.78, 5) is 8.72. The highest BCUT2D eigenvalue weighted by molar-refractivity contribution is 9.10. The van der Waals surface area contributed by atoms with Crippen LogP contribution in [0.5, 0.6) is 0 Å². The Hall–Kier alpha value is -1.27. The highest BCUT2D eigenvalue weighted by Gasteiger charge is 2.24. The predicted molar refractivity (Wildman–Crippen MR) is 77.9 cm³/mol. The topological polar surface area (TPSA) is 55.6 Å². The standard InChI is InChI=1S/C13H18BrN5/c1-4-15-11(13-16-6-5-7-17-13)12-10(14)8-18-19(12)9(2)3/h5-9,11,15H,4H2,1-3H3. The second-order valence-corrected chi connectivity index (χ2v) is 5.37. The summed E-state index contributed by atoms with van der Waals surface area (Å²) in [6.07, 6.45) is 5.34. The van der Waals surface area contributed by atoms with Crippen LogP contribution in [0.15, 0.2) is 29.1 Å². The molecule has 1 atom stereocenters. The maximum absolute atomic E-state index is 4.42. The van der Waals surface area contributed by atoms with Crippen molar-refractivity contribution in [3.63, 3.8) is 0 Å². The number of halogens is 1. The van der Waals surface area contributed by atoms with Crippen molar-refractivity contribution < 1.29 is 0 Å². The summed E-state index contributed by atoms with van der Waals surface area (Å²) in [5.74, 6) is 0.757. The minimum Gasteiger partial charge on any atom is -0.303 e. The highest BCUT2D eigenvalue weighted by Crippen LogP contribution is 2.28. The average Bonchev–Trinajstić information content (AvgIpc) is 2.79. The van der Waals surface area contributed by atoms with E-state index in [1.807, 2.05) is 16.9 Å². The fourth-order valence-corrected chi connectivity index (χ4v) is 2.51. The van der Waals surface area contributed by atoms with Gasteiger partial charge in [-0.05, 0) is 42.4 Å². The Morgan fingerprint density at radius 1 is 1.32 bits per heavy atom. The Morgan fingerprint density at radius 3 is 2.58 bits per heavy atom. The molecule has 0 aliphatic rings. The third-order valence-corrected chi connectivity index (χ3v) is 3.41. The number of rotatable bonds is 5. The van der Waals surface area contributed by atoms with Crippen molar-refractivity contribution in [2.75, 3.05) is 6.54 Å². The maximum Gasteiger partial charge on any atom is 0.151 e. The molecule has 2 rings (SSSR count). The van der Waals surface area contributed by atoms with Crippen LogP contribution in [-0.4, -0.2) is 26.3 Å². The summed E-state index contributed by atoms with van der Waals surface area (Å²) in [5.41, 5.74) is 1.06. The second-order valence-electron chi connectivity index (χ2n) is 4.51. The molecule has 0 aliphatic carbocycles. The maximum atomic E-state index is 4.42. The molecule has 2 heterocycles. The molecule has 5 nitrogen and oxygen atoms in total. The van der Waals surface area contributed by atoms with Crippen molar-refractivity contribution in [1.82, 2.24) is 25.1 Å². The van der Waals surface area contributed by atoms with Gasteiger partial charge in [0.05, 0.1) is 16.4 Å². The predicted octanol–water partition coefficient (Wildman–Crippen LogP) is 2.72. The van der Waals surface area contributed by atoms with E-state index in [4.69, 9.17) is 0 Å². The van der Waals surface area contributed by atoms with Crippen molar-refractivity contribution in [1.29, 1.82) is 0 Å². The Morgan fingerprint density at radius 2 is 2.00 bits per heavy atom. The number of hydrogen-bond donors (Lipinski definition) is 1. The van der Waals surface area contributed by atoms with Gasteiger partial charge >= 0.3 is 0 Å². The molecule has 0 fully saturated rings. The molecule has 1 unspecified atom stereocenters. The quantitative estimate of drug-likeness (QED) is 0.919. The van der Waals surface area contributed by atoms with Crippen LogP contribution in [0.2, 0.25) is 0 Å². The third kappa shape index (κ3) is 3.01. The van der Waals surface area contributed by atoms with E-state index in [1.165, 1.54) is 0 Å². The number of aromatic nitrogens is 4. The van der Waals surface area contributed by atoms with Gasteiger partial charge in [-0.15, -0.1) is 0 Å². The van der Waals surface area contributed by atoms with Crippen LogP contribution < -0.4 is 5.32 Å². The zero-order chi connectivity index (χ0) is 13.8. The molecule has 0 saturated carbocycles. The molecule has 0 spiro atoms. The van der Waals surface area contributed by atoms with Gasteiger partial charge in [0.15, 0.2) is 5.82 Å². The van der Waals surface area contributed by atoms with Gasteiger partial charge in [0, 0.05) is 18.4 Å². The van der Waals surface area contributed by atoms with Gasteiger partial charge in [-0.25, -0.2) is 9.97 Å². The lowest BCUT2D eigenvalue weighted by Crippen LogP contribution is -2.27. The van der Waals surface area contributed by atoms with E-state index in [0.29, 0.717) is 0 Å². The average molecular weight is 324 g/mol. The number of nitrogens with one attached hydrogen (secondary N) is 1.